The minimum atomic E-state index is -3.34. The van der Waals surface area contributed by atoms with E-state index in [9.17, 15) is 8.42 Å². The second kappa shape index (κ2) is 5.86. The van der Waals surface area contributed by atoms with E-state index in [4.69, 9.17) is 0 Å². The fourth-order valence-corrected chi connectivity index (χ4v) is 3.21. The Kier molecular flexibility index (Phi) is 4.42. The largest absolute Gasteiger partial charge is 0.363 e. The lowest BCUT2D eigenvalue weighted by molar-refractivity contribution is 0.383. The molecule has 0 unspecified atom stereocenters. The molecule has 5 nitrogen and oxygen atoms in total. The van der Waals surface area contributed by atoms with E-state index in [2.05, 4.69) is 21.9 Å². The van der Waals surface area contributed by atoms with Gasteiger partial charge in [-0.15, -0.1) is 0 Å². The van der Waals surface area contributed by atoms with E-state index in [0.717, 1.165) is 37.9 Å². The summed E-state index contributed by atoms with van der Waals surface area (Å²) in [5, 5.41) is 3.23. The van der Waals surface area contributed by atoms with Crippen molar-refractivity contribution in [2.24, 2.45) is 0 Å². The summed E-state index contributed by atoms with van der Waals surface area (Å²) in [7, 11) is -3.34. The van der Waals surface area contributed by atoms with Crippen LogP contribution in [0, 0.1) is 0 Å². The van der Waals surface area contributed by atoms with Gasteiger partial charge in [0.05, 0.1) is 4.90 Å². The molecule has 1 heterocycles. The first-order valence-electron chi connectivity index (χ1n) is 6.52. The van der Waals surface area contributed by atoms with Gasteiger partial charge in [-0.2, -0.15) is 0 Å². The van der Waals surface area contributed by atoms with E-state index in [-0.39, 0.29) is 6.04 Å². The van der Waals surface area contributed by atoms with Gasteiger partial charge in [0.25, 0.3) is 0 Å². The second-order valence-electron chi connectivity index (χ2n) is 4.79. The third-order valence-corrected chi connectivity index (χ3v) is 4.70. The summed E-state index contributed by atoms with van der Waals surface area (Å²) in [6.45, 7) is 3.70. The van der Waals surface area contributed by atoms with Crippen molar-refractivity contribution >= 4 is 10.0 Å². The zero-order valence-electron chi connectivity index (χ0n) is 10.7. The molecule has 2 rings (SSSR count). The van der Waals surface area contributed by atoms with Crippen molar-refractivity contribution < 1.29 is 8.42 Å². The summed E-state index contributed by atoms with van der Waals surface area (Å²) >= 11 is 0. The molecule has 0 saturated heterocycles. The fraction of sp³-hybridized carbons (Fsp3) is 0.667. The Morgan fingerprint density at radius 2 is 2.22 bits per heavy atom. The normalized spacial score (nSPS) is 16.7. The lowest BCUT2D eigenvalue weighted by Crippen LogP contribution is -2.39. The molecular formula is C12H21N3O2S. The predicted octanol–water partition coefficient (Wildman–Crippen LogP) is 1.35. The van der Waals surface area contributed by atoms with Crippen molar-refractivity contribution in [1.29, 1.82) is 0 Å². The Hall–Kier alpha value is -0.850. The quantitative estimate of drug-likeness (QED) is 0.655. The number of sulfonamides is 1. The van der Waals surface area contributed by atoms with Crippen molar-refractivity contribution in [2.75, 3.05) is 6.54 Å². The topological polar surface area (TPSA) is 74.0 Å². The van der Waals surface area contributed by atoms with Gasteiger partial charge in [0.1, 0.15) is 0 Å². The molecule has 6 heteroatoms. The van der Waals surface area contributed by atoms with Crippen LogP contribution >= 0.6 is 0 Å². The average Bonchev–Trinajstić information content (AvgIpc) is 2.74. The van der Waals surface area contributed by atoms with Crippen LogP contribution in [0.1, 0.15) is 38.3 Å². The van der Waals surface area contributed by atoms with Crippen LogP contribution in [0.5, 0.6) is 0 Å². The molecule has 0 spiro atoms. The Balaban J connectivity index is 1.95. The van der Waals surface area contributed by atoms with Crippen molar-refractivity contribution in [3.05, 3.63) is 18.0 Å². The van der Waals surface area contributed by atoms with E-state index in [0.29, 0.717) is 11.4 Å². The highest BCUT2D eigenvalue weighted by molar-refractivity contribution is 7.89. The lowest BCUT2D eigenvalue weighted by atomic mass is 9.94. The summed E-state index contributed by atoms with van der Waals surface area (Å²) in [6.07, 6.45) is 5.65. The molecule has 0 bridgehead atoms. The zero-order chi connectivity index (χ0) is 13.0. The molecule has 1 aromatic heterocycles. The first kappa shape index (κ1) is 13.6. The molecule has 0 atom stereocenters. The maximum absolute atomic E-state index is 12.0. The number of hydrogen-bond donors (Lipinski definition) is 3. The van der Waals surface area contributed by atoms with Crippen LogP contribution in [0.2, 0.25) is 0 Å². The number of aromatic amines is 1. The summed E-state index contributed by atoms with van der Waals surface area (Å²) < 4.78 is 26.8. The van der Waals surface area contributed by atoms with Crippen LogP contribution in [-0.2, 0) is 16.6 Å². The standard InChI is InChI=1S/C12H21N3O2S/c1-2-6-13-8-11-7-12(9-14-11)18(16,17)15-10-4-3-5-10/h7,9-10,13-15H,2-6,8H2,1H3. The summed E-state index contributed by atoms with van der Waals surface area (Å²) in [5.74, 6) is 0. The molecule has 18 heavy (non-hydrogen) atoms. The number of hydrogen-bond acceptors (Lipinski definition) is 3. The van der Waals surface area contributed by atoms with Gasteiger partial charge in [-0.3, -0.25) is 0 Å². The van der Waals surface area contributed by atoms with Crippen LogP contribution in [0.3, 0.4) is 0 Å². The smallest absolute Gasteiger partial charge is 0.242 e. The molecule has 0 aliphatic heterocycles. The molecule has 0 radical (unpaired) electrons. The maximum Gasteiger partial charge on any atom is 0.242 e. The van der Waals surface area contributed by atoms with Gasteiger partial charge in [-0.05, 0) is 31.9 Å². The molecule has 3 N–H and O–H groups in total. The highest BCUT2D eigenvalue weighted by Gasteiger charge is 2.25. The molecule has 1 aliphatic carbocycles. The highest BCUT2D eigenvalue weighted by atomic mass is 32.2. The number of H-pyrrole nitrogens is 1. The molecule has 1 aliphatic rings. The van der Waals surface area contributed by atoms with E-state index >= 15 is 0 Å². The van der Waals surface area contributed by atoms with E-state index in [1.54, 1.807) is 12.3 Å². The lowest BCUT2D eigenvalue weighted by Gasteiger charge is -2.25. The van der Waals surface area contributed by atoms with Crippen LogP contribution in [0.4, 0.5) is 0 Å². The monoisotopic (exact) mass is 271 g/mol. The second-order valence-corrected chi connectivity index (χ2v) is 6.50. The molecular weight excluding hydrogens is 250 g/mol. The summed E-state index contributed by atoms with van der Waals surface area (Å²) in [6, 6.07) is 1.83. The maximum atomic E-state index is 12.0. The van der Waals surface area contributed by atoms with Gasteiger partial charge < -0.3 is 10.3 Å². The average molecular weight is 271 g/mol. The van der Waals surface area contributed by atoms with Crippen molar-refractivity contribution in [3.63, 3.8) is 0 Å². The number of aromatic nitrogens is 1. The third-order valence-electron chi connectivity index (χ3n) is 3.20. The Morgan fingerprint density at radius 3 is 2.83 bits per heavy atom. The third kappa shape index (κ3) is 3.34. The Labute approximate surface area is 108 Å². The summed E-state index contributed by atoms with van der Waals surface area (Å²) in [5.41, 5.74) is 0.900. The minimum absolute atomic E-state index is 0.131. The molecule has 0 aromatic carbocycles. The van der Waals surface area contributed by atoms with Crippen molar-refractivity contribution in [1.82, 2.24) is 15.0 Å². The van der Waals surface area contributed by atoms with Gasteiger partial charge in [0.15, 0.2) is 0 Å². The van der Waals surface area contributed by atoms with Crippen LogP contribution < -0.4 is 10.0 Å². The first-order valence-corrected chi connectivity index (χ1v) is 8.00. The van der Waals surface area contributed by atoms with Crippen LogP contribution in [0.25, 0.3) is 0 Å². The van der Waals surface area contributed by atoms with Gasteiger partial charge in [0, 0.05) is 24.5 Å². The first-order chi connectivity index (χ1) is 8.62. The van der Waals surface area contributed by atoms with Crippen molar-refractivity contribution in [2.45, 2.75) is 50.1 Å². The van der Waals surface area contributed by atoms with E-state index < -0.39 is 10.0 Å². The van der Waals surface area contributed by atoms with Gasteiger partial charge >= 0.3 is 0 Å². The van der Waals surface area contributed by atoms with Gasteiger partial charge in [-0.25, -0.2) is 13.1 Å². The minimum Gasteiger partial charge on any atom is -0.363 e. The van der Waals surface area contributed by atoms with Crippen molar-refractivity contribution in [3.8, 4) is 0 Å². The molecule has 102 valence electrons. The Bertz CT molecular complexity index is 477. The van der Waals surface area contributed by atoms with Crippen LogP contribution in [-0.4, -0.2) is 26.0 Å². The molecule has 1 fully saturated rings. The zero-order valence-corrected chi connectivity index (χ0v) is 11.5. The molecule has 1 saturated carbocycles. The molecule has 0 amide bonds. The van der Waals surface area contributed by atoms with E-state index in [1.165, 1.54) is 0 Å². The molecule has 1 aromatic rings. The highest BCUT2D eigenvalue weighted by Crippen LogP contribution is 2.21. The SMILES string of the molecule is CCCNCc1cc(S(=O)(=O)NC2CCC2)c[nH]1. The Morgan fingerprint density at radius 1 is 1.44 bits per heavy atom. The summed E-state index contributed by atoms with van der Waals surface area (Å²) in [4.78, 5) is 3.33. The predicted molar refractivity (Wildman–Crippen MR) is 70.8 cm³/mol. The number of nitrogens with one attached hydrogen (secondary N) is 3. The van der Waals surface area contributed by atoms with Crippen LogP contribution in [0.15, 0.2) is 17.2 Å². The number of rotatable bonds is 7. The fourth-order valence-electron chi connectivity index (χ4n) is 1.89. The van der Waals surface area contributed by atoms with Gasteiger partial charge in [0.2, 0.25) is 10.0 Å². The van der Waals surface area contributed by atoms with Gasteiger partial charge in [-0.1, -0.05) is 13.3 Å². The van der Waals surface area contributed by atoms with E-state index in [1.807, 2.05) is 0 Å².